The zero-order chi connectivity index (χ0) is 19.9. The van der Waals surface area contributed by atoms with Gasteiger partial charge in [0.25, 0.3) is 11.8 Å². The van der Waals surface area contributed by atoms with Crippen LogP contribution < -0.4 is 10.1 Å². The summed E-state index contributed by atoms with van der Waals surface area (Å²) in [5.74, 6) is 0.667. The van der Waals surface area contributed by atoms with Crippen LogP contribution in [0.5, 0.6) is 5.75 Å². The van der Waals surface area contributed by atoms with Gasteiger partial charge >= 0.3 is 0 Å². The summed E-state index contributed by atoms with van der Waals surface area (Å²) in [4.78, 5) is 27.3. The van der Waals surface area contributed by atoms with Crippen molar-refractivity contribution in [3.63, 3.8) is 0 Å². The van der Waals surface area contributed by atoms with E-state index in [0.717, 1.165) is 0 Å². The van der Waals surface area contributed by atoms with E-state index >= 15 is 0 Å². The van der Waals surface area contributed by atoms with Crippen molar-refractivity contribution in [1.82, 2.24) is 4.90 Å². The average molecular weight is 382 g/mol. The molecule has 3 rings (SSSR count). The summed E-state index contributed by atoms with van der Waals surface area (Å²) in [6.07, 6.45) is 0. The van der Waals surface area contributed by atoms with Crippen molar-refractivity contribution in [2.75, 3.05) is 38.2 Å². The summed E-state index contributed by atoms with van der Waals surface area (Å²) in [7, 11) is 0. The maximum absolute atomic E-state index is 12.8. The standard InChI is InChI=1S/C22H26N2O4/c1-16(2)15-28-18-7-5-6-17(14-18)21(25)23-20-9-4-3-8-19(20)22(26)24-10-12-27-13-11-24/h3-9,14,16H,10-13,15H2,1-2H3,(H,23,25). The Morgan fingerprint density at radius 3 is 2.61 bits per heavy atom. The number of amides is 2. The van der Waals surface area contributed by atoms with E-state index in [1.165, 1.54) is 0 Å². The molecule has 1 aliphatic heterocycles. The molecule has 1 aliphatic rings. The molecule has 2 aromatic rings. The first-order valence-corrected chi connectivity index (χ1v) is 9.55. The number of nitrogens with zero attached hydrogens (tertiary/aromatic N) is 1. The lowest BCUT2D eigenvalue weighted by Gasteiger charge is -2.27. The van der Waals surface area contributed by atoms with Crippen molar-refractivity contribution >= 4 is 17.5 Å². The van der Waals surface area contributed by atoms with Gasteiger partial charge in [0, 0.05) is 18.7 Å². The molecule has 1 fully saturated rings. The highest BCUT2D eigenvalue weighted by atomic mass is 16.5. The van der Waals surface area contributed by atoms with E-state index in [1.54, 1.807) is 47.4 Å². The van der Waals surface area contributed by atoms with E-state index in [2.05, 4.69) is 19.2 Å². The van der Waals surface area contributed by atoms with Gasteiger partial charge in [0.2, 0.25) is 0 Å². The fourth-order valence-electron chi connectivity index (χ4n) is 2.90. The lowest BCUT2D eigenvalue weighted by Crippen LogP contribution is -2.41. The summed E-state index contributed by atoms with van der Waals surface area (Å²) in [6.45, 7) is 6.89. The molecule has 0 radical (unpaired) electrons. The number of hydrogen-bond donors (Lipinski definition) is 1. The molecular weight excluding hydrogens is 356 g/mol. The number of morpholine rings is 1. The van der Waals surface area contributed by atoms with Gasteiger partial charge in [0.1, 0.15) is 5.75 Å². The van der Waals surface area contributed by atoms with Crippen LogP contribution in [-0.4, -0.2) is 49.6 Å². The molecule has 2 aromatic carbocycles. The molecule has 2 amide bonds. The van der Waals surface area contributed by atoms with Crippen molar-refractivity contribution in [3.05, 3.63) is 59.7 Å². The molecule has 1 heterocycles. The van der Waals surface area contributed by atoms with Crippen LogP contribution in [0.4, 0.5) is 5.69 Å². The van der Waals surface area contributed by atoms with Crippen LogP contribution in [0, 0.1) is 5.92 Å². The minimum absolute atomic E-state index is 0.104. The van der Waals surface area contributed by atoms with Crippen molar-refractivity contribution < 1.29 is 19.1 Å². The van der Waals surface area contributed by atoms with Crippen LogP contribution in [0.15, 0.2) is 48.5 Å². The summed E-state index contributed by atoms with van der Waals surface area (Å²) in [6, 6.07) is 14.1. The SMILES string of the molecule is CC(C)COc1cccc(C(=O)Nc2ccccc2C(=O)N2CCOCC2)c1. The Bertz CT molecular complexity index is 829. The summed E-state index contributed by atoms with van der Waals surface area (Å²) >= 11 is 0. The Morgan fingerprint density at radius 1 is 1.11 bits per heavy atom. The smallest absolute Gasteiger partial charge is 0.256 e. The van der Waals surface area contributed by atoms with Gasteiger partial charge in [0.05, 0.1) is 31.1 Å². The molecule has 0 unspecified atom stereocenters. The van der Waals surface area contributed by atoms with E-state index in [0.29, 0.717) is 61.4 Å². The Balaban J connectivity index is 1.74. The summed E-state index contributed by atoms with van der Waals surface area (Å²) in [5.41, 5.74) is 1.46. The van der Waals surface area contributed by atoms with Gasteiger partial charge in [-0.1, -0.05) is 32.0 Å². The number of para-hydroxylation sites is 1. The second kappa shape index (κ2) is 9.37. The molecule has 148 valence electrons. The molecule has 28 heavy (non-hydrogen) atoms. The largest absolute Gasteiger partial charge is 0.493 e. The number of rotatable bonds is 6. The van der Waals surface area contributed by atoms with E-state index in [1.807, 2.05) is 6.07 Å². The van der Waals surface area contributed by atoms with Gasteiger partial charge in [-0.05, 0) is 36.2 Å². The lowest BCUT2D eigenvalue weighted by molar-refractivity contribution is 0.0303. The van der Waals surface area contributed by atoms with Gasteiger partial charge in [0.15, 0.2) is 0 Å². The number of anilines is 1. The number of ether oxygens (including phenoxy) is 2. The molecule has 0 bridgehead atoms. The number of nitrogens with one attached hydrogen (secondary N) is 1. The second-order valence-electron chi connectivity index (χ2n) is 7.14. The fourth-order valence-corrected chi connectivity index (χ4v) is 2.90. The van der Waals surface area contributed by atoms with E-state index in [-0.39, 0.29) is 11.8 Å². The molecule has 0 saturated carbocycles. The van der Waals surface area contributed by atoms with E-state index in [9.17, 15) is 9.59 Å². The minimum atomic E-state index is -0.280. The molecule has 0 atom stereocenters. The number of hydrogen-bond acceptors (Lipinski definition) is 4. The van der Waals surface area contributed by atoms with Crippen LogP contribution in [0.25, 0.3) is 0 Å². The third-order valence-corrected chi connectivity index (χ3v) is 4.38. The Hall–Kier alpha value is -2.86. The maximum Gasteiger partial charge on any atom is 0.256 e. The van der Waals surface area contributed by atoms with Crippen molar-refractivity contribution in [1.29, 1.82) is 0 Å². The number of benzene rings is 2. The van der Waals surface area contributed by atoms with Gasteiger partial charge in [-0.2, -0.15) is 0 Å². The van der Waals surface area contributed by atoms with Gasteiger partial charge in [-0.3, -0.25) is 9.59 Å². The zero-order valence-corrected chi connectivity index (χ0v) is 16.3. The molecular formula is C22H26N2O4. The molecule has 0 spiro atoms. The normalized spacial score (nSPS) is 14.0. The molecule has 6 heteroatoms. The monoisotopic (exact) mass is 382 g/mol. The molecule has 6 nitrogen and oxygen atoms in total. The van der Waals surface area contributed by atoms with Crippen LogP contribution in [0.1, 0.15) is 34.6 Å². The van der Waals surface area contributed by atoms with Crippen LogP contribution in [-0.2, 0) is 4.74 Å². The zero-order valence-electron chi connectivity index (χ0n) is 16.3. The third-order valence-electron chi connectivity index (χ3n) is 4.38. The first-order chi connectivity index (χ1) is 13.5. The molecule has 0 aromatic heterocycles. The second-order valence-corrected chi connectivity index (χ2v) is 7.14. The van der Waals surface area contributed by atoms with Crippen molar-refractivity contribution in [2.45, 2.75) is 13.8 Å². The van der Waals surface area contributed by atoms with Crippen LogP contribution >= 0.6 is 0 Å². The highest BCUT2D eigenvalue weighted by Gasteiger charge is 2.21. The van der Waals surface area contributed by atoms with Crippen molar-refractivity contribution in [2.24, 2.45) is 5.92 Å². The van der Waals surface area contributed by atoms with Gasteiger partial charge < -0.3 is 19.7 Å². The number of carbonyl (C=O) groups excluding carboxylic acids is 2. The summed E-state index contributed by atoms with van der Waals surface area (Å²) in [5, 5.41) is 2.87. The van der Waals surface area contributed by atoms with Gasteiger partial charge in [-0.25, -0.2) is 0 Å². The minimum Gasteiger partial charge on any atom is -0.493 e. The Labute approximate surface area is 165 Å². The van der Waals surface area contributed by atoms with E-state index < -0.39 is 0 Å². The third kappa shape index (κ3) is 5.10. The fraction of sp³-hybridized carbons (Fsp3) is 0.364. The predicted octanol–water partition coefficient (Wildman–Crippen LogP) is 3.45. The van der Waals surface area contributed by atoms with Crippen molar-refractivity contribution in [3.8, 4) is 5.75 Å². The van der Waals surface area contributed by atoms with Crippen LogP contribution in [0.2, 0.25) is 0 Å². The first kappa shape index (κ1) is 19.9. The quantitative estimate of drug-likeness (QED) is 0.831. The molecule has 1 N–H and O–H groups in total. The topological polar surface area (TPSA) is 67.9 Å². The summed E-state index contributed by atoms with van der Waals surface area (Å²) < 4.78 is 11.0. The predicted molar refractivity (Wildman–Crippen MR) is 108 cm³/mol. The maximum atomic E-state index is 12.8. The first-order valence-electron chi connectivity index (χ1n) is 9.55. The average Bonchev–Trinajstić information content (AvgIpc) is 2.73. The lowest BCUT2D eigenvalue weighted by atomic mass is 10.1. The molecule has 1 saturated heterocycles. The number of carbonyl (C=O) groups is 2. The van der Waals surface area contributed by atoms with Crippen LogP contribution in [0.3, 0.4) is 0 Å². The Kier molecular flexibility index (Phi) is 6.66. The van der Waals surface area contributed by atoms with Gasteiger partial charge in [-0.15, -0.1) is 0 Å². The highest BCUT2D eigenvalue weighted by Crippen LogP contribution is 2.20. The molecule has 0 aliphatic carbocycles. The van der Waals surface area contributed by atoms with E-state index in [4.69, 9.17) is 9.47 Å². The Morgan fingerprint density at radius 2 is 1.86 bits per heavy atom. The highest BCUT2D eigenvalue weighted by molar-refractivity contribution is 6.09.